The normalized spacial score (nSPS) is 11.0. The quantitative estimate of drug-likeness (QED) is 0.777. The number of nitrogens with two attached hydrogens (primary N) is 1. The Kier molecular flexibility index (Phi) is 4.11. The van der Waals surface area contributed by atoms with E-state index in [1.54, 1.807) is 12.1 Å². The summed E-state index contributed by atoms with van der Waals surface area (Å²) >= 11 is 0. The van der Waals surface area contributed by atoms with Crippen LogP contribution in [0.5, 0.6) is 5.75 Å². The van der Waals surface area contributed by atoms with Crippen LogP contribution in [0.1, 0.15) is 18.1 Å². The first-order valence-electron chi connectivity index (χ1n) is 7.41. The van der Waals surface area contributed by atoms with Gasteiger partial charge in [0.25, 0.3) is 0 Å². The molecule has 3 rings (SSSR count). The average molecular weight is 298 g/mol. The molecular formula is C18H19FN2O. The zero-order chi connectivity index (χ0) is 15.5. The molecule has 3 nitrogen and oxygen atoms in total. The lowest BCUT2D eigenvalue weighted by Crippen LogP contribution is -1.99. The fourth-order valence-corrected chi connectivity index (χ4v) is 2.75. The number of hydrogen-bond acceptors (Lipinski definition) is 2. The van der Waals surface area contributed by atoms with Crippen LogP contribution in [0.4, 0.5) is 4.39 Å². The molecular weight excluding hydrogens is 279 g/mol. The van der Waals surface area contributed by atoms with Crippen LogP contribution in [0, 0.1) is 5.82 Å². The van der Waals surface area contributed by atoms with Crippen molar-refractivity contribution in [2.45, 2.75) is 26.6 Å². The molecule has 22 heavy (non-hydrogen) atoms. The van der Waals surface area contributed by atoms with Gasteiger partial charge in [-0.15, -0.1) is 0 Å². The second-order valence-electron chi connectivity index (χ2n) is 5.20. The van der Waals surface area contributed by atoms with Gasteiger partial charge in [0.05, 0.1) is 0 Å². The zero-order valence-electron chi connectivity index (χ0n) is 12.6. The van der Waals surface area contributed by atoms with Gasteiger partial charge in [-0.25, -0.2) is 4.39 Å². The van der Waals surface area contributed by atoms with Crippen molar-refractivity contribution >= 4 is 10.9 Å². The molecule has 0 bridgehead atoms. The summed E-state index contributed by atoms with van der Waals surface area (Å²) in [7, 11) is 0. The summed E-state index contributed by atoms with van der Waals surface area (Å²) in [6.45, 7) is 3.93. The summed E-state index contributed by atoms with van der Waals surface area (Å²) in [5.41, 5.74) is 9.25. The number of nitrogens with zero attached hydrogens (tertiary/aromatic N) is 1. The van der Waals surface area contributed by atoms with Gasteiger partial charge in [-0.2, -0.15) is 0 Å². The van der Waals surface area contributed by atoms with Crippen LogP contribution in [-0.4, -0.2) is 4.57 Å². The molecule has 1 aromatic heterocycles. The van der Waals surface area contributed by atoms with E-state index in [4.69, 9.17) is 10.5 Å². The smallest absolute Gasteiger partial charge is 0.123 e. The lowest BCUT2D eigenvalue weighted by molar-refractivity contribution is 0.307. The Bertz CT molecular complexity index is 778. The van der Waals surface area contributed by atoms with E-state index < -0.39 is 0 Å². The topological polar surface area (TPSA) is 40.2 Å². The fraction of sp³-hybridized carbons (Fsp3) is 0.222. The van der Waals surface area contributed by atoms with Crippen LogP contribution >= 0.6 is 0 Å². The number of ether oxygens (including phenoxy) is 1. The SMILES string of the molecule is CCn1cc(COc2ccc(F)cc2)c2c(CN)cccc21. The van der Waals surface area contributed by atoms with Crippen molar-refractivity contribution in [3.63, 3.8) is 0 Å². The van der Waals surface area contributed by atoms with Gasteiger partial charge in [0, 0.05) is 35.8 Å². The molecule has 0 unspecified atom stereocenters. The Morgan fingerprint density at radius 1 is 1.09 bits per heavy atom. The number of fused-ring (bicyclic) bond motifs is 1. The molecule has 0 fully saturated rings. The van der Waals surface area contributed by atoms with Crippen LogP contribution in [0.15, 0.2) is 48.7 Å². The van der Waals surface area contributed by atoms with E-state index in [1.165, 1.54) is 17.6 Å². The second kappa shape index (κ2) is 6.20. The Hall–Kier alpha value is -2.33. The molecule has 0 saturated heterocycles. The minimum Gasteiger partial charge on any atom is -0.489 e. The molecule has 0 aliphatic carbocycles. The predicted octanol–water partition coefficient (Wildman–Crippen LogP) is 3.84. The van der Waals surface area contributed by atoms with Crippen molar-refractivity contribution in [3.8, 4) is 5.75 Å². The fourth-order valence-electron chi connectivity index (χ4n) is 2.75. The molecule has 2 N–H and O–H groups in total. The van der Waals surface area contributed by atoms with E-state index >= 15 is 0 Å². The first kappa shape index (κ1) is 14.6. The highest BCUT2D eigenvalue weighted by Crippen LogP contribution is 2.26. The van der Waals surface area contributed by atoms with E-state index in [0.29, 0.717) is 18.9 Å². The molecule has 114 valence electrons. The molecule has 0 amide bonds. The minimum absolute atomic E-state index is 0.264. The highest BCUT2D eigenvalue weighted by molar-refractivity contribution is 5.87. The van der Waals surface area contributed by atoms with Gasteiger partial charge < -0.3 is 15.0 Å². The number of rotatable bonds is 5. The lowest BCUT2D eigenvalue weighted by Gasteiger charge is -2.07. The second-order valence-corrected chi connectivity index (χ2v) is 5.20. The number of benzene rings is 2. The summed E-state index contributed by atoms with van der Waals surface area (Å²) in [6.07, 6.45) is 2.10. The lowest BCUT2D eigenvalue weighted by atomic mass is 10.1. The van der Waals surface area contributed by atoms with Crippen molar-refractivity contribution in [2.75, 3.05) is 0 Å². The number of aromatic nitrogens is 1. The molecule has 0 aliphatic heterocycles. The highest BCUT2D eigenvalue weighted by atomic mass is 19.1. The monoisotopic (exact) mass is 298 g/mol. The number of hydrogen-bond donors (Lipinski definition) is 1. The third kappa shape index (κ3) is 2.70. The molecule has 0 spiro atoms. The third-order valence-corrected chi connectivity index (χ3v) is 3.84. The van der Waals surface area contributed by atoms with Crippen LogP contribution in [0.3, 0.4) is 0 Å². The maximum Gasteiger partial charge on any atom is 0.123 e. The average Bonchev–Trinajstić information content (AvgIpc) is 2.92. The Morgan fingerprint density at radius 3 is 2.55 bits per heavy atom. The third-order valence-electron chi connectivity index (χ3n) is 3.84. The summed E-state index contributed by atoms with van der Waals surface area (Å²) < 4.78 is 20.9. The standard InChI is InChI=1S/C18H19FN2O/c1-2-21-11-14(12-22-16-8-6-15(19)7-9-16)18-13(10-20)4-3-5-17(18)21/h3-9,11H,2,10,12,20H2,1H3. The summed E-state index contributed by atoms with van der Waals surface area (Å²) in [6, 6.07) is 12.2. The largest absolute Gasteiger partial charge is 0.489 e. The molecule has 0 saturated carbocycles. The van der Waals surface area contributed by atoms with Crippen molar-refractivity contribution in [1.82, 2.24) is 4.57 Å². The van der Waals surface area contributed by atoms with Gasteiger partial charge in [-0.05, 0) is 42.8 Å². The van der Waals surface area contributed by atoms with Crippen LogP contribution in [0.25, 0.3) is 10.9 Å². The van der Waals surface area contributed by atoms with Crippen LogP contribution in [0.2, 0.25) is 0 Å². The highest BCUT2D eigenvalue weighted by Gasteiger charge is 2.11. The van der Waals surface area contributed by atoms with E-state index in [2.05, 4.69) is 23.8 Å². The van der Waals surface area contributed by atoms with E-state index in [-0.39, 0.29) is 5.82 Å². The molecule has 3 aromatic rings. The Labute approximate surface area is 129 Å². The van der Waals surface area contributed by atoms with Gasteiger partial charge in [0.2, 0.25) is 0 Å². The first-order valence-corrected chi connectivity index (χ1v) is 7.41. The molecule has 0 aliphatic rings. The Balaban J connectivity index is 1.94. The van der Waals surface area contributed by atoms with Crippen molar-refractivity contribution < 1.29 is 9.13 Å². The summed E-state index contributed by atoms with van der Waals surface area (Å²) in [4.78, 5) is 0. The van der Waals surface area contributed by atoms with Gasteiger partial charge in [0.15, 0.2) is 0 Å². The maximum atomic E-state index is 12.9. The van der Waals surface area contributed by atoms with E-state index in [1.807, 2.05) is 12.1 Å². The van der Waals surface area contributed by atoms with Gasteiger partial charge in [0.1, 0.15) is 18.2 Å². The van der Waals surface area contributed by atoms with Crippen LogP contribution in [-0.2, 0) is 19.7 Å². The first-order chi connectivity index (χ1) is 10.7. The molecule has 4 heteroatoms. The molecule has 2 aromatic carbocycles. The van der Waals surface area contributed by atoms with Crippen LogP contribution < -0.4 is 10.5 Å². The summed E-state index contributed by atoms with van der Waals surface area (Å²) in [5.74, 6) is 0.393. The van der Waals surface area contributed by atoms with Crippen molar-refractivity contribution in [2.24, 2.45) is 5.73 Å². The van der Waals surface area contributed by atoms with Crippen molar-refractivity contribution in [1.29, 1.82) is 0 Å². The number of aryl methyl sites for hydroxylation is 1. The molecule has 0 radical (unpaired) electrons. The van der Waals surface area contributed by atoms with Crippen molar-refractivity contribution in [3.05, 3.63) is 65.6 Å². The van der Waals surface area contributed by atoms with Gasteiger partial charge in [-0.3, -0.25) is 0 Å². The Morgan fingerprint density at radius 2 is 1.86 bits per heavy atom. The maximum absolute atomic E-state index is 12.9. The molecule has 0 atom stereocenters. The number of halogens is 1. The molecule has 1 heterocycles. The van der Waals surface area contributed by atoms with Gasteiger partial charge >= 0.3 is 0 Å². The zero-order valence-corrected chi connectivity index (χ0v) is 12.6. The van der Waals surface area contributed by atoms with E-state index in [0.717, 1.165) is 23.1 Å². The summed E-state index contributed by atoms with van der Waals surface area (Å²) in [5, 5.41) is 1.16. The van der Waals surface area contributed by atoms with E-state index in [9.17, 15) is 4.39 Å². The van der Waals surface area contributed by atoms with Gasteiger partial charge in [-0.1, -0.05) is 12.1 Å². The minimum atomic E-state index is -0.264. The predicted molar refractivity (Wildman–Crippen MR) is 86.2 cm³/mol.